The van der Waals surface area contributed by atoms with E-state index in [-0.39, 0.29) is 10.6 Å². The van der Waals surface area contributed by atoms with Crippen molar-refractivity contribution >= 4 is 17.1 Å². The van der Waals surface area contributed by atoms with Crippen LogP contribution >= 0.6 is 11.3 Å². The SMILES string of the molecule is O=C(c1cnc(-c2ccc(F)c(F)c2)s1)C(F)(F)F. The van der Waals surface area contributed by atoms with E-state index in [0.29, 0.717) is 11.3 Å². The molecule has 1 aromatic heterocycles. The molecule has 19 heavy (non-hydrogen) atoms. The summed E-state index contributed by atoms with van der Waals surface area (Å²) in [5.41, 5.74) is 0.102. The van der Waals surface area contributed by atoms with Crippen LogP contribution < -0.4 is 0 Å². The minimum absolute atomic E-state index is 0.00602. The van der Waals surface area contributed by atoms with Crippen LogP contribution in [0.25, 0.3) is 10.6 Å². The second-order valence-corrected chi connectivity index (χ2v) is 4.52. The Kier molecular flexibility index (Phi) is 3.36. The zero-order chi connectivity index (χ0) is 14.2. The Labute approximate surface area is 107 Å². The predicted octanol–water partition coefficient (Wildman–Crippen LogP) is 3.83. The number of alkyl halides is 3. The van der Waals surface area contributed by atoms with E-state index >= 15 is 0 Å². The number of nitrogens with zero attached hydrogens (tertiary/aromatic N) is 1. The molecule has 0 atom stereocenters. The van der Waals surface area contributed by atoms with Crippen molar-refractivity contribution in [3.05, 3.63) is 40.9 Å². The molecule has 0 saturated heterocycles. The Balaban J connectivity index is 2.36. The average Bonchev–Trinajstić information content (AvgIpc) is 2.79. The summed E-state index contributed by atoms with van der Waals surface area (Å²) >= 11 is 0.466. The lowest BCUT2D eigenvalue weighted by atomic mass is 10.2. The monoisotopic (exact) mass is 293 g/mol. The number of Topliss-reactive ketones (excluding diaryl/α,β-unsaturated/α-hetero) is 1. The number of aromatic nitrogens is 1. The molecule has 0 amide bonds. The molecule has 0 N–H and O–H groups in total. The summed E-state index contributed by atoms with van der Waals surface area (Å²) in [6, 6.07) is 2.80. The number of hydrogen-bond acceptors (Lipinski definition) is 3. The van der Waals surface area contributed by atoms with Crippen LogP contribution in [0.5, 0.6) is 0 Å². The van der Waals surface area contributed by atoms with Gasteiger partial charge in [-0.15, -0.1) is 11.3 Å². The Morgan fingerprint density at radius 2 is 1.84 bits per heavy atom. The van der Waals surface area contributed by atoms with Gasteiger partial charge in [0.1, 0.15) is 9.88 Å². The Morgan fingerprint density at radius 1 is 1.16 bits per heavy atom. The van der Waals surface area contributed by atoms with Crippen molar-refractivity contribution in [1.29, 1.82) is 0 Å². The summed E-state index contributed by atoms with van der Waals surface area (Å²) in [5, 5.41) is 0.00602. The first-order valence-electron chi connectivity index (χ1n) is 4.82. The van der Waals surface area contributed by atoms with E-state index in [2.05, 4.69) is 4.98 Å². The predicted molar refractivity (Wildman–Crippen MR) is 57.9 cm³/mol. The number of thiazole rings is 1. The molecule has 2 aromatic rings. The molecule has 8 heteroatoms. The van der Waals surface area contributed by atoms with E-state index in [9.17, 15) is 26.7 Å². The lowest BCUT2D eigenvalue weighted by Gasteiger charge is -2.00. The van der Waals surface area contributed by atoms with Crippen LogP contribution in [0.1, 0.15) is 9.67 Å². The van der Waals surface area contributed by atoms with Gasteiger partial charge in [0.25, 0.3) is 5.78 Å². The number of benzene rings is 1. The van der Waals surface area contributed by atoms with E-state index in [1.807, 2.05) is 0 Å². The van der Waals surface area contributed by atoms with Crippen molar-refractivity contribution in [2.75, 3.05) is 0 Å². The van der Waals surface area contributed by atoms with Gasteiger partial charge in [0.05, 0.1) is 0 Å². The third kappa shape index (κ3) is 2.78. The van der Waals surface area contributed by atoms with Gasteiger partial charge >= 0.3 is 6.18 Å². The second-order valence-electron chi connectivity index (χ2n) is 3.49. The number of hydrogen-bond donors (Lipinski definition) is 0. The molecule has 0 aliphatic heterocycles. The maximum atomic E-state index is 13.0. The van der Waals surface area contributed by atoms with E-state index in [1.165, 1.54) is 6.07 Å². The molecule has 0 fully saturated rings. The van der Waals surface area contributed by atoms with Gasteiger partial charge in [0.2, 0.25) is 0 Å². The third-order valence-electron chi connectivity index (χ3n) is 2.15. The molecule has 2 nitrogen and oxygen atoms in total. The van der Waals surface area contributed by atoms with Crippen molar-refractivity contribution in [2.45, 2.75) is 6.18 Å². The van der Waals surface area contributed by atoms with Gasteiger partial charge in [-0.1, -0.05) is 0 Å². The Hall–Kier alpha value is -1.83. The van der Waals surface area contributed by atoms with Crippen LogP contribution in [-0.4, -0.2) is 16.9 Å². The maximum absolute atomic E-state index is 13.0. The highest BCUT2D eigenvalue weighted by atomic mass is 32.1. The number of carbonyl (C=O) groups is 1. The Morgan fingerprint density at radius 3 is 2.42 bits per heavy atom. The van der Waals surface area contributed by atoms with Crippen LogP contribution in [-0.2, 0) is 0 Å². The first-order chi connectivity index (χ1) is 8.79. The number of rotatable bonds is 2. The molecule has 0 bridgehead atoms. The average molecular weight is 293 g/mol. The van der Waals surface area contributed by atoms with E-state index in [4.69, 9.17) is 0 Å². The van der Waals surface area contributed by atoms with Crippen molar-refractivity contribution in [1.82, 2.24) is 4.98 Å². The fourth-order valence-electron chi connectivity index (χ4n) is 1.28. The van der Waals surface area contributed by atoms with Crippen LogP contribution in [0, 0.1) is 11.6 Å². The molecule has 0 aliphatic carbocycles. The molecular weight excluding hydrogens is 289 g/mol. The van der Waals surface area contributed by atoms with Crippen LogP contribution in [0.2, 0.25) is 0 Å². The van der Waals surface area contributed by atoms with Crippen molar-refractivity contribution < 1.29 is 26.7 Å². The van der Waals surface area contributed by atoms with Crippen molar-refractivity contribution in [2.24, 2.45) is 0 Å². The van der Waals surface area contributed by atoms with Gasteiger partial charge < -0.3 is 0 Å². The highest BCUT2D eigenvalue weighted by Crippen LogP contribution is 2.30. The molecule has 0 spiro atoms. The van der Waals surface area contributed by atoms with Gasteiger partial charge in [0.15, 0.2) is 11.6 Å². The molecule has 0 saturated carbocycles. The molecule has 1 heterocycles. The van der Waals surface area contributed by atoms with Gasteiger partial charge in [-0.3, -0.25) is 4.79 Å². The van der Waals surface area contributed by atoms with E-state index < -0.39 is 28.5 Å². The third-order valence-corrected chi connectivity index (χ3v) is 3.20. The number of ketones is 1. The van der Waals surface area contributed by atoms with Gasteiger partial charge in [-0.05, 0) is 18.2 Å². The van der Waals surface area contributed by atoms with Crippen LogP contribution in [0.3, 0.4) is 0 Å². The molecule has 1 aromatic carbocycles. The smallest absolute Gasteiger partial charge is 0.283 e. The topological polar surface area (TPSA) is 30.0 Å². The molecule has 2 rings (SSSR count). The largest absolute Gasteiger partial charge is 0.455 e. The summed E-state index contributed by atoms with van der Waals surface area (Å²) in [4.78, 5) is 13.9. The fraction of sp³-hybridized carbons (Fsp3) is 0.0909. The first-order valence-corrected chi connectivity index (χ1v) is 5.63. The Bertz CT molecular complexity index is 634. The maximum Gasteiger partial charge on any atom is 0.455 e. The van der Waals surface area contributed by atoms with Crippen molar-refractivity contribution in [3.63, 3.8) is 0 Å². The summed E-state index contributed by atoms with van der Waals surface area (Å²) in [5.74, 6) is -4.23. The number of halogens is 5. The zero-order valence-electron chi connectivity index (χ0n) is 8.96. The summed E-state index contributed by atoms with van der Waals surface area (Å²) in [6.07, 6.45) is -4.23. The van der Waals surface area contributed by atoms with Crippen LogP contribution in [0.15, 0.2) is 24.4 Å². The quantitative estimate of drug-likeness (QED) is 0.622. The van der Waals surface area contributed by atoms with E-state index in [0.717, 1.165) is 18.3 Å². The van der Waals surface area contributed by atoms with Crippen LogP contribution in [0.4, 0.5) is 22.0 Å². The lowest BCUT2D eigenvalue weighted by molar-refractivity contribution is -0.0882. The first kappa shape index (κ1) is 13.6. The number of carbonyl (C=O) groups excluding carboxylic acids is 1. The minimum Gasteiger partial charge on any atom is -0.283 e. The van der Waals surface area contributed by atoms with Crippen molar-refractivity contribution in [3.8, 4) is 10.6 Å². The highest BCUT2D eigenvalue weighted by Gasteiger charge is 2.40. The standard InChI is InChI=1S/C11H4F5NOS/c12-6-2-1-5(3-7(6)13)10-17-4-8(19-10)9(18)11(14,15)16/h1-4H. The summed E-state index contributed by atoms with van der Waals surface area (Å²) in [6.45, 7) is 0. The molecule has 0 unspecified atom stereocenters. The summed E-state index contributed by atoms with van der Waals surface area (Å²) < 4.78 is 62.2. The zero-order valence-corrected chi connectivity index (χ0v) is 9.78. The normalized spacial score (nSPS) is 11.6. The molecule has 0 radical (unpaired) electrons. The minimum atomic E-state index is -4.99. The van der Waals surface area contributed by atoms with E-state index in [1.54, 1.807) is 0 Å². The highest BCUT2D eigenvalue weighted by molar-refractivity contribution is 7.17. The molecule has 100 valence electrons. The lowest BCUT2D eigenvalue weighted by Crippen LogP contribution is -2.21. The second kappa shape index (κ2) is 4.69. The van der Waals surface area contributed by atoms with Gasteiger partial charge in [-0.2, -0.15) is 13.2 Å². The summed E-state index contributed by atoms with van der Waals surface area (Å²) in [7, 11) is 0. The fourth-order valence-corrected chi connectivity index (χ4v) is 2.15. The molecular formula is C11H4F5NOS. The van der Waals surface area contributed by atoms with Gasteiger partial charge in [-0.25, -0.2) is 13.8 Å². The molecule has 0 aliphatic rings. The van der Waals surface area contributed by atoms with Gasteiger partial charge in [0, 0.05) is 11.8 Å².